The second-order valence-corrected chi connectivity index (χ2v) is 7.18. The van der Waals surface area contributed by atoms with Crippen LogP contribution in [-0.2, 0) is 4.79 Å². The van der Waals surface area contributed by atoms with Crippen LogP contribution >= 0.6 is 0 Å². The number of methoxy groups -OCH3 is 1. The number of amides is 1. The van der Waals surface area contributed by atoms with Crippen molar-refractivity contribution in [1.29, 1.82) is 0 Å². The zero-order chi connectivity index (χ0) is 17.6. The lowest BCUT2D eigenvalue weighted by atomic mass is 10.2. The molecule has 0 saturated heterocycles. The molecule has 1 aliphatic rings. The maximum Gasteiger partial charge on any atom is 0.295 e. The van der Waals surface area contributed by atoms with Crippen LogP contribution in [0.4, 0.5) is 0 Å². The molecular weight excluding hydrogens is 306 g/mol. The van der Waals surface area contributed by atoms with Crippen molar-refractivity contribution in [3.8, 4) is 11.5 Å². The average Bonchev–Trinajstić information content (AvgIpc) is 2.98. The van der Waals surface area contributed by atoms with Crippen molar-refractivity contribution in [2.24, 2.45) is 5.10 Å². The molecule has 0 aromatic heterocycles. The van der Waals surface area contributed by atoms with Crippen molar-refractivity contribution >= 4 is 12.1 Å². The molecule has 2 rings (SSSR count). The maximum atomic E-state index is 11.8. The second kappa shape index (κ2) is 8.15. The molecule has 0 aliphatic heterocycles. The van der Waals surface area contributed by atoms with Gasteiger partial charge in [0.1, 0.15) is 0 Å². The van der Waals surface area contributed by atoms with Crippen LogP contribution in [0.25, 0.3) is 0 Å². The maximum absolute atomic E-state index is 11.8. The predicted octanol–water partition coefficient (Wildman–Crippen LogP) is 2.17. The number of carbonyl (C=O) groups excluding carboxylic acids is 1. The van der Waals surface area contributed by atoms with Gasteiger partial charge in [-0.1, -0.05) is 0 Å². The molecule has 0 spiro atoms. The predicted molar refractivity (Wildman–Crippen MR) is 94.5 cm³/mol. The first-order valence-corrected chi connectivity index (χ1v) is 8.34. The lowest BCUT2D eigenvalue weighted by Crippen LogP contribution is -2.43. The largest absolute Gasteiger partial charge is 0.493 e. The minimum Gasteiger partial charge on any atom is -0.493 e. The standard InChI is InChI=1S/C18H27N3O3/c1-21(2,3)13-18(22)20-19-12-14-9-10-16(23-4)17(11-14)24-15-7-5-6-8-15/h9-12,15H,5-8,13H2,1-4H3/p+1/b19-12+. The molecule has 1 N–H and O–H groups in total. The molecule has 24 heavy (non-hydrogen) atoms. The quantitative estimate of drug-likeness (QED) is 0.472. The number of nitrogens with one attached hydrogen (secondary N) is 1. The minimum absolute atomic E-state index is 0.116. The number of ether oxygens (including phenoxy) is 2. The van der Waals surface area contributed by atoms with E-state index in [0.717, 1.165) is 24.2 Å². The molecule has 1 aromatic rings. The summed E-state index contributed by atoms with van der Waals surface area (Å²) in [6, 6.07) is 5.64. The van der Waals surface area contributed by atoms with E-state index in [0.29, 0.717) is 16.8 Å². The summed E-state index contributed by atoms with van der Waals surface area (Å²) in [7, 11) is 7.51. The van der Waals surface area contributed by atoms with Crippen molar-refractivity contribution in [3.05, 3.63) is 23.8 Å². The molecule has 0 bridgehead atoms. The van der Waals surface area contributed by atoms with Gasteiger partial charge in [0.25, 0.3) is 5.91 Å². The highest BCUT2D eigenvalue weighted by atomic mass is 16.5. The summed E-state index contributed by atoms with van der Waals surface area (Å²) in [4.78, 5) is 11.8. The third kappa shape index (κ3) is 5.85. The Bertz CT molecular complexity index is 588. The summed E-state index contributed by atoms with van der Waals surface area (Å²) in [5.41, 5.74) is 3.41. The van der Waals surface area contributed by atoms with Gasteiger partial charge in [-0.3, -0.25) is 4.79 Å². The zero-order valence-corrected chi connectivity index (χ0v) is 15.0. The molecule has 6 heteroatoms. The molecule has 0 atom stereocenters. The molecule has 0 radical (unpaired) electrons. The average molecular weight is 334 g/mol. The molecule has 1 amide bonds. The lowest BCUT2D eigenvalue weighted by molar-refractivity contribution is -0.862. The van der Waals surface area contributed by atoms with E-state index in [9.17, 15) is 4.79 Å². The summed E-state index contributed by atoms with van der Waals surface area (Å²) in [6.45, 7) is 0.371. The third-order valence-corrected chi connectivity index (χ3v) is 3.80. The highest BCUT2D eigenvalue weighted by Gasteiger charge is 2.18. The van der Waals surface area contributed by atoms with E-state index in [1.165, 1.54) is 12.8 Å². The van der Waals surface area contributed by atoms with Crippen LogP contribution in [0, 0.1) is 0 Å². The molecule has 0 heterocycles. The van der Waals surface area contributed by atoms with Crippen molar-refractivity contribution < 1.29 is 18.8 Å². The number of quaternary nitrogens is 1. The smallest absolute Gasteiger partial charge is 0.295 e. The number of likely N-dealkylation sites (N-methyl/N-ethyl adjacent to an activating group) is 1. The minimum atomic E-state index is -0.116. The van der Waals surface area contributed by atoms with Crippen LogP contribution < -0.4 is 14.9 Å². The van der Waals surface area contributed by atoms with Crippen LogP contribution in [0.1, 0.15) is 31.2 Å². The molecule has 6 nitrogen and oxygen atoms in total. The van der Waals surface area contributed by atoms with E-state index in [1.54, 1.807) is 13.3 Å². The number of hydrazone groups is 1. The van der Waals surface area contributed by atoms with E-state index in [4.69, 9.17) is 9.47 Å². The normalized spacial score (nSPS) is 15.7. The van der Waals surface area contributed by atoms with Crippen molar-refractivity contribution in [3.63, 3.8) is 0 Å². The van der Waals surface area contributed by atoms with Gasteiger partial charge in [-0.2, -0.15) is 5.10 Å². The number of hydrogen-bond acceptors (Lipinski definition) is 4. The lowest BCUT2D eigenvalue weighted by Gasteiger charge is -2.22. The Labute approximate surface area is 144 Å². The van der Waals surface area contributed by atoms with Gasteiger partial charge in [0.05, 0.1) is 40.6 Å². The van der Waals surface area contributed by atoms with Gasteiger partial charge >= 0.3 is 0 Å². The first-order chi connectivity index (χ1) is 11.4. The zero-order valence-electron chi connectivity index (χ0n) is 15.0. The fraction of sp³-hybridized carbons (Fsp3) is 0.556. The first-order valence-electron chi connectivity index (χ1n) is 8.34. The number of benzene rings is 1. The van der Waals surface area contributed by atoms with E-state index in [1.807, 2.05) is 39.3 Å². The molecule has 1 aromatic carbocycles. The summed E-state index contributed by atoms with van der Waals surface area (Å²) >= 11 is 0. The Morgan fingerprint density at radius 2 is 2.00 bits per heavy atom. The summed E-state index contributed by atoms with van der Waals surface area (Å²) < 4.78 is 12.0. The Kier molecular flexibility index (Phi) is 6.20. The number of nitrogens with zero attached hydrogens (tertiary/aromatic N) is 2. The van der Waals surface area contributed by atoms with Gasteiger partial charge in [0.2, 0.25) is 0 Å². The number of hydrogen-bond donors (Lipinski definition) is 1. The fourth-order valence-corrected chi connectivity index (χ4v) is 2.70. The van der Waals surface area contributed by atoms with Crippen molar-refractivity contribution in [1.82, 2.24) is 5.43 Å². The monoisotopic (exact) mass is 334 g/mol. The topological polar surface area (TPSA) is 59.9 Å². The molecule has 1 fully saturated rings. The molecule has 1 saturated carbocycles. The Morgan fingerprint density at radius 3 is 2.62 bits per heavy atom. The summed E-state index contributed by atoms with van der Waals surface area (Å²) in [5.74, 6) is 1.33. The van der Waals surface area contributed by atoms with Crippen LogP contribution in [0.15, 0.2) is 23.3 Å². The molecular formula is C18H28N3O3+. The van der Waals surface area contributed by atoms with E-state index in [2.05, 4.69) is 10.5 Å². The van der Waals surface area contributed by atoms with E-state index in [-0.39, 0.29) is 12.0 Å². The van der Waals surface area contributed by atoms with Crippen molar-refractivity contribution in [2.45, 2.75) is 31.8 Å². The van der Waals surface area contributed by atoms with Crippen molar-refractivity contribution in [2.75, 3.05) is 34.8 Å². The number of rotatable bonds is 7. The third-order valence-electron chi connectivity index (χ3n) is 3.80. The fourth-order valence-electron chi connectivity index (χ4n) is 2.70. The second-order valence-electron chi connectivity index (χ2n) is 7.18. The van der Waals surface area contributed by atoms with Gasteiger partial charge in [-0.05, 0) is 49.4 Å². The van der Waals surface area contributed by atoms with Gasteiger partial charge < -0.3 is 14.0 Å². The highest BCUT2D eigenvalue weighted by Crippen LogP contribution is 2.32. The van der Waals surface area contributed by atoms with Crippen LogP contribution in [0.5, 0.6) is 11.5 Å². The van der Waals surface area contributed by atoms with E-state index < -0.39 is 0 Å². The molecule has 132 valence electrons. The van der Waals surface area contributed by atoms with Crippen LogP contribution in [0.2, 0.25) is 0 Å². The molecule has 1 aliphatic carbocycles. The highest BCUT2D eigenvalue weighted by molar-refractivity contribution is 5.83. The summed E-state index contributed by atoms with van der Waals surface area (Å²) in [6.07, 6.45) is 6.48. The Hall–Kier alpha value is -2.08. The SMILES string of the molecule is COc1ccc(/C=N/NC(=O)C[N+](C)(C)C)cc1OC1CCCC1. The molecule has 0 unspecified atom stereocenters. The van der Waals surface area contributed by atoms with Gasteiger partial charge in [0.15, 0.2) is 18.0 Å². The van der Waals surface area contributed by atoms with E-state index >= 15 is 0 Å². The Morgan fingerprint density at radius 1 is 1.29 bits per heavy atom. The number of carbonyl (C=O) groups is 1. The van der Waals surface area contributed by atoms with Gasteiger partial charge in [0, 0.05) is 0 Å². The first kappa shape index (κ1) is 18.3. The van der Waals surface area contributed by atoms with Crippen LogP contribution in [0.3, 0.4) is 0 Å². The van der Waals surface area contributed by atoms with Gasteiger partial charge in [-0.25, -0.2) is 5.43 Å². The Balaban J connectivity index is 1.99. The van der Waals surface area contributed by atoms with Gasteiger partial charge in [-0.15, -0.1) is 0 Å². The van der Waals surface area contributed by atoms with Crippen LogP contribution in [-0.4, -0.2) is 57.5 Å². The summed E-state index contributed by atoms with van der Waals surface area (Å²) in [5, 5.41) is 4.02.